The Morgan fingerprint density at radius 1 is 1.21 bits per heavy atom. The summed E-state index contributed by atoms with van der Waals surface area (Å²) in [5.41, 5.74) is 1.55. The van der Waals surface area contributed by atoms with E-state index in [1.165, 1.54) is 50.8 Å². The van der Waals surface area contributed by atoms with E-state index in [9.17, 15) is 0 Å². The van der Waals surface area contributed by atoms with Crippen LogP contribution in [0.3, 0.4) is 0 Å². The zero-order chi connectivity index (χ0) is 14.3. The first-order valence-corrected chi connectivity index (χ1v) is 8.11. The van der Waals surface area contributed by atoms with E-state index in [2.05, 4.69) is 44.5 Å². The first kappa shape index (κ1) is 16.7. The van der Waals surface area contributed by atoms with Gasteiger partial charge in [-0.05, 0) is 66.1 Å². The minimum atomic E-state index is 0.246. The lowest BCUT2D eigenvalue weighted by Crippen LogP contribution is -2.58. The maximum absolute atomic E-state index is 4.06. The Balaban J connectivity index is 2.68. The predicted molar refractivity (Wildman–Crippen MR) is 85.6 cm³/mol. The number of hydrogen-bond donors (Lipinski definition) is 1. The van der Waals surface area contributed by atoms with Gasteiger partial charge in [-0.3, -0.25) is 4.90 Å². The third-order valence-corrected chi connectivity index (χ3v) is 4.58. The van der Waals surface area contributed by atoms with Gasteiger partial charge in [-0.15, -0.1) is 6.58 Å². The molecule has 19 heavy (non-hydrogen) atoms. The van der Waals surface area contributed by atoms with Gasteiger partial charge in [-0.1, -0.05) is 25.3 Å². The van der Waals surface area contributed by atoms with Gasteiger partial charge in [0, 0.05) is 11.6 Å². The van der Waals surface area contributed by atoms with E-state index >= 15 is 0 Å². The molecule has 0 bridgehead atoms. The number of likely N-dealkylation sites (tertiary alicyclic amines) is 1. The Morgan fingerprint density at radius 3 is 2.26 bits per heavy atom. The highest BCUT2D eigenvalue weighted by atomic mass is 15.2. The highest BCUT2D eigenvalue weighted by Crippen LogP contribution is 2.26. The maximum atomic E-state index is 4.06. The standard InChI is InChI=1S/C17H34N2/c1-6-18-16(12-11-15(2)3)17(4,5)19-13-9-7-8-10-14-19/h16,18H,2,6-14H2,1,3-5H3. The van der Waals surface area contributed by atoms with E-state index in [4.69, 9.17) is 0 Å². The first-order valence-electron chi connectivity index (χ1n) is 8.11. The van der Waals surface area contributed by atoms with Crippen LogP contribution in [-0.4, -0.2) is 36.1 Å². The topological polar surface area (TPSA) is 15.3 Å². The molecule has 0 aromatic rings. The van der Waals surface area contributed by atoms with Crippen molar-refractivity contribution in [2.24, 2.45) is 0 Å². The molecular formula is C17H34N2. The van der Waals surface area contributed by atoms with Crippen LogP contribution in [-0.2, 0) is 0 Å². The van der Waals surface area contributed by atoms with Crippen molar-refractivity contribution in [1.29, 1.82) is 0 Å². The van der Waals surface area contributed by atoms with Gasteiger partial charge in [-0.25, -0.2) is 0 Å². The third kappa shape index (κ3) is 5.27. The Bertz CT molecular complexity index is 262. The quantitative estimate of drug-likeness (QED) is 0.701. The molecule has 1 aliphatic rings. The molecule has 1 atom stereocenters. The summed E-state index contributed by atoms with van der Waals surface area (Å²) in [6.07, 6.45) is 7.88. The molecule has 1 N–H and O–H groups in total. The van der Waals surface area contributed by atoms with Gasteiger partial charge in [0.25, 0.3) is 0 Å². The number of likely N-dealkylation sites (N-methyl/N-ethyl adjacent to an activating group) is 1. The molecule has 0 aliphatic carbocycles. The van der Waals surface area contributed by atoms with Crippen molar-refractivity contribution in [2.45, 2.75) is 77.8 Å². The van der Waals surface area contributed by atoms with Crippen LogP contribution in [0.1, 0.15) is 66.2 Å². The van der Waals surface area contributed by atoms with Crippen molar-refractivity contribution < 1.29 is 0 Å². The summed E-state index contributed by atoms with van der Waals surface area (Å²) in [6.45, 7) is 16.8. The summed E-state index contributed by atoms with van der Waals surface area (Å²) in [6, 6.07) is 0.562. The Labute approximate surface area is 120 Å². The van der Waals surface area contributed by atoms with Crippen LogP contribution in [0, 0.1) is 0 Å². The lowest BCUT2D eigenvalue weighted by Gasteiger charge is -2.44. The zero-order valence-corrected chi connectivity index (χ0v) is 13.6. The molecule has 0 saturated carbocycles. The number of rotatable bonds is 7. The molecule has 0 amide bonds. The summed E-state index contributed by atoms with van der Waals surface area (Å²) in [5.74, 6) is 0. The van der Waals surface area contributed by atoms with Gasteiger partial charge in [0.05, 0.1) is 0 Å². The molecule has 1 saturated heterocycles. The maximum Gasteiger partial charge on any atom is 0.0306 e. The monoisotopic (exact) mass is 266 g/mol. The molecule has 1 heterocycles. The van der Waals surface area contributed by atoms with E-state index in [1.54, 1.807) is 0 Å². The molecule has 1 aliphatic heterocycles. The minimum Gasteiger partial charge on any atom is -0.312 e. The summed E-state index contributed by atoms with van der Waals surface area (Å²) in [5, 5.41) is 3.71. The summed E-state index contributed by atoms with van der Waals surface area (Å²) in [7, 11) is 0. The van der Waals surface area contributed by atoms with E-state index < -0.39 is 0 Å². The molecule has 112 valence electrons. The van der Waals surface area contributed by atoms with E-state index in [-0.39, 0.29) is 5.54 Å². The lowest BCUT2D eigenvalue weighted by atomic mass is 9.87. The summed E-state index contributed by atoms with van der Waals surface area (Å²) >= 11 is 0. The normalized spacial score (nSPS) is 20.0. The number of nitrogens with zero attached hydrogens (tertiary/aromatic N) is 1. The molecule has 0 aromatic heterocycles. The van der Waals surface area contributed by atoms with Gasteiger partial charge in [0.2, 0.25) is 0 Å². The van der Waals surface area contributed by atoms with Crippen LogP contribution in [0.2, 0.25) is 0 Å². The van der Waals surface area contributed by atoms with Gasteiger partial charge in [0.1, 0.15) is 0 Å². The van der Waals surface area contributed by atoms with Crippen molar-refractivity contribution in [3.8, 4) is 0 Å². The molecule has 2 nitrogen and oxygen atoms in total. The van der Waals surface area contributed by atoms with Crippen LogP contribution >= 0.6 is 0 Å². The van der Waals surface area contributed by atoms with Crippen molar-refractivity contribution in [1.82, 2.24) is 10.2 Å². The van der Waals surface area contributed by atoms with Crippen LogP contribution in [0.25, 0.3) is 0 Å². The number of hydrogen-bond acceptors (Lipinski definition) is 2. The zero-order valence-electron chi connectivity index (χ0n) is 13.6. The van der Waals surface area contributed by atoms with Crippen molar-refractivity contribution in [3.05, 3.63) is 12.2 Å². The van der Waals surface area contributed by atoms with Gasteiger partial charge in [-0.2, -0.15) is 0 Å². The van der Waals surface area contributed by atoms with Crippen molar-refractivity contribution in [3.63, 3.8) is 0 Å². The van der Waals surface area contributed by atoms with Crippen LogP contribution in [0.4, 0.5) is 0 Å². The van der Waals surface area contributed by atoms with E-state index in [0.717, 1.165) is 13.0 Å². The Morgan fingerprint density at radius 2 is 1.79 bits per heavy atom. The van der Waals surface area contributed by atoms with Crippen molar-refractivity contribution in [2.75, 3.05) is 19.6 Å². The molecule has 0 radical (unpaired) electrons. The van der Waals surface area contributed by atoms with Crippen LogP contribution < -0.4 is 5.32 Å². The number of nitrogens with one attached hydrogen (secondary N) is 1. The smallest absolute Gasteiger partial charge is 0.0306 e. The predicted octanol–water partition coefficient (Wildman–Crippen LogP) is 3.98. The molecular weight excluding hydrogens is 232 g/mol. The average Bonchev–Trinajstić information content (AvgIpc) is 2.63. The van der Waals surface area contributed by atoms with Gasteiger partial charge >= 0.3 is 0 Å². The SMILES string of the molecule is C=C(C)CCC(NCC)C(C)(C)N1CCCCCC1. The highest BCUT2D eigenvalue weighted by molar-refractivity contribution is 4.97. The molecule has 0 spiro atoms. The fourth-order valence-corrected chi connectivity index (χ4v) is 3.21. The second-order valence-corrected chi connectivity index (χ2v) is 6.66. The van der Waals surface area contributed by atoms with Crippen LogP contribution in [0.5, 0.6) is 0 Å². The summed E-state index contributed by atoms with van der Waals surface area (Å²) in [4.78, 5) is 2.71. The second-order valence-electron chi connectivity index (χ2n) is 6.66. The third-order valence-electron chi connectivity index (χ3n) is 4.58. The largest absolute Gasteiger partial charge is 0.312 e. The fourth-order valence-electron chi connectivity index (χ4n) is 3.21. The average molecular weight is 266 g/mol. The highest BCUT2D eigenvalue weighted by Gasteiger charge is 2.34. The first-order chi connectivity index (χ1) is 8.98. The van der Waals surface area contributed by atoms with E-state index in [0.29, 0.717) is 6.04 Å². The summed E-state index contributed by atoms with van der Waals surface area (Å²) < 4.78 is 0. The van der Waals surface area contributed by atoms with Gasteiger partial charge in [0.15, 0.2) is 0 Å². The molecule has 1 fully saturated rings. The van der Waals surface area contributed by atoms with Gasteiger partial charge < -0.3 is 5.32 Å². The van der Waals surface area contributed by atoms with Crippen molar-refractivity contribution >= 4 is 0 Å². The molecule has 1 unspecified atom stereocenters. The number of allylic oxidation sites excluding steroid dienone is 1. The Hall–Kier alpha value is -0.340. The van der Waals surface area contributed by atoms with E-state index in [1.807, 2.05) is 0 Å². The molecule has 0 aromatic carbocycles. The minimum absolute atomic E-state index is 0.246. The molecule has 2 heteroatoms. The second kappa shape index (κ2) is 8.06. The Kier molecular flexibility index (Phi) is 7.09. The lowest BCUT2D eigenvalue weighted by molar-refractivity contribution is 0.0808. The fraction of sp³-hybridized carbons (Fsp3) is 0.882. The molecule has 1 rings (SSSR count). The van der Waals surface area contributed by atoms with Crippen LogP contribution in [0.15, 0.2) is 12.2 Å².